The van der Waals surface area contributed by atoms with Crippen LogP contribution in [-0.4, -0.2) is 39.1 Å². The first-order valence-corrected chi connectivity index (χ1v) is 7.45. The van der Waals surface area contributed by atoms with Crippen LogP contribution in [0.15, 0.2) is 24.3 Å². The third-order valence-electron chi connectivity index (χ3n) is 3.74. The van der Waals surface area contributed by atoms with Gasteiger partial charge in [-0.15, -0.1) is 0 Å². The summed E-state index contributed by atoms with van der Waals surface area (Å²) in [6.45, 7) is 3.85. The van der Waals surface area contributed by atoms with Gasteiger partial charge in [0, 0.05) is 32.0 Å². The molecule has 20 heavy (non-hydrogen) atoms. The van der Waals surface area contributed by atoms with E-state index in [1.165, 1.54) is 0 Å². The van der Waals surface area contributed by atoms with Crippen LogP contribution in [0.4, 0.5) is 11.4 Å². The van der Waals surface area contributed by atoms with Crippen LogP contribution in [0.25, 0.3) is 0 Å². The van der Waals surface area contributed by atoms with Crippen LogP contribution >= 0.6 is 0 Å². The van der Waals surface area contributed by atoms with Gasteiger partial charge in [-0.2, -0.15) is 0 Å². The number of hydrogen-bond acceptors (Lipinski definition) is 3. The predicted octanol–water partition coefficient (Wildman–Crippen LogP) is 2.25. The molecule has 0 spiro atoms. The molecule has 1 fully saturated rings. The molecule has 2 rings (SSSR count). The number of piperidine rings is 1. The van der Waals surface area contributed by atoms with Gasteiger partial charge in [-0.3, -0.25) is 4.79 Å². The van der Waals surface area contributed by atoms with Gasteiger partial charge in [0.15, 0.2) is 0 Å². The van der Waals surface area contributed by atoms with Crippen molar-refractivity contribution in [3.63, 3.8) is 0 Å². The zero-order valence-corrected chi connectivity index (χ0v) is 12.7. The van der Waals surface area contributed by atoms with Crippen LogP contribution in [0.5, 0.6) is 0 Å². The second-order valence-corrected chi connectivity index (χ2v) is 5.55. The number of amides is 1. The lowest BCUT2D eigenvalue weighted by molar-refractivity contribution is -0.121. The molecular formula is C16H25N3O. The summed E-state index contributed by atoms with van der Waals surface area (Å²) >= 11 is 0. The van der Waals surface area contributed by atoms with Gasteiger partial charge >= 0.3 is 0 Å². The Morgan fingerprint density at radius 1 is 1.40 bits per heavy atom. The molecule has 1 aliphatic rings. The number of nitrogens with zero attached hydrogens (tertiary/aromatic N) is 2. The molecule has 1 aromatic carbocycles. The van der Waals surface area contributed by atoms with Gasteiger partial charge in [-0.05, 0) is 44.0 Å². The van der Waals surface area contributed by atoms with E-state index in [0.717, 1.165) is 43.7 Å². The monoisotopic (exact) mass is 275 g/mol. The fraction of sp³-hybridized carbons (Fsp3) is 0.562. The smallest absolute Gasteiger partial charge is 0.244 e. The van der Waals surface area contributed by atoms with Crippen molar-refractivity contribution in [3.8, 4) is 0 Å². The number of carbonyl (C=O) groups excluding carboxylic acids is 1. The van der Waals surface area contributed by atoms with E-state index in [9.17, 15) is 4.79 Å². The van der Waals surface area contributed by atoms with E-state index in [-0.39, 0.29) is 11.9 Å². The van der Waals surface area contributed by atoms with Crippen molar-refractivity contribution < 1.29 is 4.79 Å². The molecule has 0 aromatic heterocycles. The Hall–Kier alpha value is -1.55. The van der Waals surface area contributed by atoms with E-state index in [1.807, 2.05) is 31.1 Å². The molecule has 1 unspecified atom stereocenters. The molecule has 1 aliphatic heterocycles. The average Bonchev–Trinajstić information content (AvgIpc) is 2.46. The lowest BCUT2D eigenvalue weighted by Gasteiger charge is -2.33. The first kappa shape index (κ1) is 14.9. The summed E-state index contributed by atoms with van der Waals surface area (Å²) in [4.78, 5) is 16.5. The van der Waals surface area contributed by atoms with E-state index in [1.54, 1.807) is 0 Å². The largest absolute Gasteiger partial charge is 0.378 e. The molecule has 0 bridgehead atoms. The normalized spacial score (nSPS) is 19.2. The Labute approximate surface area is 121 Å². The topological polar surface area (TPSA) is 35.6 Å². The minimum atomic E-state index is -0.0216. The maximum absolute atomic E-state index is 12.6. The molecule has 1 saturated heterocycles. The zero-order chi connectivity index (χ0) is 14.5. The summed E-state index contributed by atoms with van der Waals surface area (Å²) in [7, 11) is 4.03. The highest BCUT2D eigenvalue weighted by Crippen LogP contribution is 2.25. The number of hydrogen-bond donors (Lipinski definition) is 1. The van der Waals surface area contributed by atoms with Gasteiger partial charge in [0.25, 0.3) is 0 Å². The molecule has 4 nitrogen and oxygen atoms in total. The quantitative estimate of drug-likeness (QED) is 0.895. The fourth-order valence-electron chi connectivity index (χ4n) is 2.58. The van der Waals surface area contributed by atoms with Gasteiger partial charge in [0.05, 0.1) is 6.04 Å². The lowest BCUT2D eigenvalue weighted by atomic mass is 10.0. The maximum atomic E-state index is 12.6. The molecule has 1 aromatic rings. The van der Waals surface area contributed by atoms with Crippen LogP contribution in [0.1, 0.15) is 26.2 Å². The third-order valence-corrected chi connectivity index (χ3v) is 3.74. The zero-order valence-electron chi connectivity index (χ0n) is 12.7. The Bertz CT molecular complexity index is 459. The number of rotatable bonds is 5. The van der Waals surface area contributed by atoms with Crippen LogP contribution in [-0.2, 0) is 4.79 Å². The highest BCUT2D eigenvalue weighted by atomic mass is 16.2. The number of nitrogens with one attached hydrogen (secondary N) is 1. The van der Waals surface area contributed by atoms with Crippen molar-refractivity contribution in [2.24, 2.45) is 0 Å². The molecule has 1 N–H and O–H groups in total. The first-order valence-electron chi connectivity index (χ1n) is 7.45. The highest BCUT2D eigenvalue weighted by Gasteiger charge is 2.29. The predicted molar refractivity (Wildman–Crippen MR) is 84.4 cm³/mol. The molecule has 1 atom stereocenters. The van der Waals surface area contributed by atoms with Crippen LogP contribution in [0.2, 0.25) is 0 Å². The van der Waals surface area contributed by atoms with E-state index in [0.29, 0.717) is 0 Å². The second-order valence-electron chi connectivity index (χ2n) is 5.55. The van der Waals surface area contributed by atoms with E-state index in [2.05, 4.69) is 29.3 Å². The number of carbonyl (C=O) groups is 1. The molecule has 4 heteroatoms. The van der Waals surface area contributed by atoms with E-state index >= 15 is 0 Å². The number of anilines is 2. The first-order chi connectivity index (χ1) is 9.63. The van der Waals surface area contributed by atoms with Gasteiger partial charge in [0.1, 0.15) is 0 Å². The molecule has 0 aliphatic carbocycles. The third kappa shape index (κ3) is 3.31. The van der Waals surface area contributed by atoms with Crippen molar-refractivity contribution in [3.05, 3.63) is 24.3 Å². The fourth-order valence-corrected chi connectivity index (χ4v) is 2.58. The molecule has 1 heterocycles. The summed E-state index contributed by atoms with van der Waals surface area (Å²) in [5, 5.41) is 3.36. The van der Waals surface area contributed by atoms with E-state index < -0.39 is 0 Å². The van der Waals surface area contributed by atoms with Crippen LogP contribution in [0.3, 0.4) is 0 Å². The molecule has 1 amide bonds. The minimum absolute atomic E-state index is 0.0216. The summed E-state index contributed by atoms with van der Waals surface area (Å²) in [5.74, 6) is 0.209. The summed E-state index contributed by atoms with van der Waals surface area (Å²) in [6, 6.07) is 8.16. The Morgan fingerprint density at radius 2 is 2.20 bits per heavy atom. The van der Waals surface area contributed by atoms with Gasteiger partial charge in [-0.25, -0.2) is 0 Å². The van der Waals surface area contributed by atoms with Crippen molar-refractivity contribution >= 4 is 17.3 Å². The molecule has 0 radical (unpaired) electrons. The van der Waals surface area contributed by atoms with Crippen LogP contribution in [0, 0.1) is 0 Å². The SMILES string of the molecule is CCCNC1CCCN(c2cccc(N(C)C)c2)C1=O. The van der Waals surface area contributed by atoms with Gasteiger partial charge in [-0.1, -0.05) is 13.0 Å². The van der Waals surface area contributed by atoms with Gasteiger partial charge < -0.3 is 15.1 Å². The van der Waals surface area contributed by atoms with Crippen molar-refractivity contribution in [1.29, 1.82) is 0 Å². The maximum Gasteiger partial charge on any atom is 0.244 e. The van der Waals surface area contributed by atoms with Crippen molar-refractivity contribution in [1.82, 2.24) is 5.32 Å². The molecular weight excluding hydrogens is 250 g/mol. The second kappa shape index (κ2) is 6.75. The van der Waals surface area contributed by atoms with Crippen LogP contribution < -0.4 is 15.1 Å². The van der Waals surface area contributed by atoms with Crippen molar-refractivity contribution in [2.45, 2.75) is 32.2 Å². The summed E-state index contributed by atoms with van der Waals surface area (Å²) in [6.07, 6.45) is 3.06. The van der Waals surface area contributed by atoms with Crippen molar-refractivity contribution in [2.75, 3.05) is 37.0 Å². The average molecular weight is 275 g/mol. The summed E-state index contributed by atoms with van der Waals surface area (Å²) in [5.41, 5.74) is 2.13. The minimum Gasteiger partial charge on any atom is -0.378 e. The Balaban J connectivity index is 2.14. The standard InChI is InChI=1S/C16H25N3O/c1-4-10-17-15-9-6-11-19(16(15)20)14-8-5-7-13(12-14)18(2)3/h5,7-8,12,15,17H,4,6,9-11H2,1-3H3. The Morgan fingerprint density at radius 3 is 2.90 bits per heavy atom. The number of benzene rings is 1. The highest BCUT2D eigenvalue weighted by molar-refractivity contribution is 5.98. The Kier molecular flexibility index (Phi) is 5.01. The van der Waals surface area contributed by atoms with E-state index in [4.69, 9.17) is 0 Å². The summed E-state index contributed by atoms with van der Waals surface area (Å²) < 4.78 is 0. The lowest BCUT2D eigenvalue weighted by Crippen LogP contribution is -2.51. The molecule has 110 valence electrons. The molecule has 0 saturated carbocycles. The van der Waals surface area contributed by atoms with Gasteiger partial charge in [0.2, 0.25) is 5.91 Å².